The predicted octanol–water partition coefficient (Wildman–Crippen LogP) is 2.76. The molecule has 1 N–H and O–H groups in total. The topological polar surface area (TPSA) is 65.8 Å². The molecule has 0 saturated carbocycles. The molecule has 0 aliphatic carbocycles. The molecule has 1 unspecified atom stereocenters. The molecular formula is C20H25N3O3. The summed E-state index contributed by atoms with van der Waals surface area (Å²) in [6, 6.07) is 11.4. The number of amides is 2. The molecule has 2 amide bonds. The van der Waals surface area contributed by atoms with E-state index in [9.17, 15) is 9.59 Å². The van der Waals surface area contributed by atoms with Gasteiger partial charge in [-0.15, -0.1) is 0 Å². The highest BCUT2D eigenvalue weighted by molar-refractivity contribution is 5.95. The second-order valence-corrected chi connectivity index (χ2v) is 7.04. The standard InChI is InChI=1S/C20H25N3O3/c1-15-10-13-26-17(15)18(24)23-12-7-11-20(14-23,19(25)22(2)3)21-16-8-5-4-6-9-16/h4-6,8-10,13,21H,7,11-12,14H2,1-3H3. The third-order valence-electron chi connectivity index (χ3n) is 4.81. The molecule has 6 heteroatoms. The number of anilines is 1. The van der Waals surface area contributed by atoms with Gasteiger partial charge in [-0.25, -0.2) is 0 Å². The molecule has 0 radical (unpaired) electrons. The number of likely N-dealkylation sites (N-methyl/N-ethyl adjacent to an activating group) is 1. The van der Waals surface area contributed by atoms with Gasteiger partial charge >= 0.3 is 0 Å². The fraction of sp³-hybridized carbons (Fsp3) is 0.400. The summed E-state index contributed by atoms with van der Waals surface area (Å²) < 4.78 is 5.37. The Balaban J connectivity index is 1.90. The summed E-state index contributed by atoms with van der Waals surface area (Å²) >= 11 is 0. The van der Waals surface area contributed by atoms with E-state index in [0.717, 1.165) is 17.7 Å². The van der Waals surface area contributed by atoms with Gasteiger partial charge in [-0.3, -0.25) is 9.59 Å². The van der Waals surface area contributed by atoms with Gasteiger partial charge in [0.2, 0.25) is 5.91 Å². The molecule has 26 heavy (non-hydrogen) atoms. The van der Waals surface area contributed by atoms with Gasteiger partial charge in [-0.2, -0.15) is 0 Å². The Labute approximate surface area is 153 Å². The molecular weight excluding hydrogens is 330 g/mol. The van der Waals surface area contributed by atoms with E-state index in [2.05, 4.69) is 5.32 Å². The van der Waals surface area contributed by atoms with Crippen molar-refractivity contribution in [2.75, 3.05) is 32.5 Å². The highest BCUT2D eigenvalue weighted by Gasteiger charge is 2.45. The summed E-state index contributed by atoms with van der Waals surface area (Å²) in [7, 11) is 3.49. The van der Waals surface area contributed by atoms with E-state index in [0.29, 0.717) is 25.3 Å². The average molecular weight is 355 g/mol. The van der Waals surface area contributed by atoms with Crippen molar-refractivity contribution in [3.05, 3.63) is 54.0 Å². The quantitative estimate of drug-likeness (QED) is 0.916. The van der Waals surface area contributed by atoms with Crippen LogP contribution in [-0.4, -0.2) is 54.3 Å². The number of para-hydroxylation sites is 1. The summed E-state index contributed by atoms with van der Waals surface area (Å²) in [6.45, 7) is 2.76. The molecule has 0 bridgehead atoms. The maximum Gasteiger partial charge on any atom is 0.289 e. The van der Waals surface area contributed by atoms with Gasteiger partial charge in [-0.1, -0.05) is 18.2 Å². The predicted molar refractivity (Wildman–Crippen MR) is 100 cm³/mol. The second kappa shape index (κ2) is 7.23. The minimum Gasteiger partial charge on any atom is -0.459 e. The number of hydrogen-bond donors (Lipinski definition) is 1. The van der Waals surface area contributed by atoms with Crippen LogP contribution in [0.2, 0.25) is 0 Å². The third kappa shape index (κ3) is 3.45. The summed E-state index contributed by atoms with van der Waals surface area (Å²) in [4.78, 5) is 29.2. The van der Waals surface area contributed by atoms with Crippen molar-refractivity contribution >= 4 is 17.5 Å². The van der Waals surface area contributed by atoms with E-state index >= 15 is 0 Å². The molecule has 6 nitrogen and oxygen atoms in total. The Morgan fingerprint density at radius 2 is 1.92 bits per heavy atom. The van der Waals surface area contributed by atoms with Gasteiger partial charge in [0.15, 0.2) is 5.76 Å². The SMILES string of the molecule is Cc1ccoc1C(=O)N1CCCC(Nc2ccccc2)(C(=O)N(C)C)C1. The lowest BCUT2D eigenvalue weighted by Gasteiger charge is -2.43. The zero-order chi connectivity index (χ0) is 18.7. The number of carbonyl (C=O) groups is 2. The number of aryl methyl sites for hydroxylation is 1. The Morgan fingerprint density at radius 3 is 2.54 bits per heavy atom. The summed E-state index contributed by atoms with van der Waals surface area (Å²) in [5.74, 6) is 0.144. The van der Waals surface area contributed by atoms with Crippen LogP contribution in [0.3, 0.4) is 0 Å². The monoisotopic (exact) mass is 355 g/mol. The number of carbonyl (C=O) groups excluding carboxylic acids is 2. The molecule has 2 aromatic rings. The number of rotatable bonds is 4. The number of furan rings is 1. The van der Waals surface area contributed by atoms with Gasteiger partial charge in [0.05, 0.1) is 12.8 Å². The maximum absolute atomic E-state index is 13.0. The Hall–Kier alpha value is -2.76. The van der Waals surface area contributed by atoms with Crippen LogP contribution in [0.25, 0.3) is 0 Å². The second-order valence-electron chi connectivity index (χ2n) is 7.04. The van der Waals surface area contributed by atoms with E-state index < -0.39 is 5.54 Å². The van der Waals surface area contributed by atoms with Crippen LogP contribution in [0, 0.1) is 6.92 Å². The summed E-state index contributed by atoms with van der Waals surface area (Å²) in [6.07, 6.45) is 2.93. The number of nitrogens with zero attached hydrogens (tertiary/aromatic N) is 2. The van der Waals surface area contributed by atoms with Crippen molar-refractivity contribution in [3.63, 3.8) is 0 Å². The first kappa shape index (κ1) is 18.0. The van der Waals surface area contributed by atoms with Gasteiger partial charge in [0.1, 0.15) is 5.54 Å². The molecule has 1 aromatic carbocycles. The van der Waals surface area contributed by atoms with Gasteiger partial charge in [0, 0.05) is 31.9 Å². The summed E-state index contributed by atoms with van der Waals surface area (Å²) in [5, 5.41) is 3.40. The number of benzene rings is 1. The van der Waals surface area contributed by atoms with Crippen LogP contribution in [0.1, 0.15) is 29.0 Å². The van der Waals surface area contributed by atoms with Gasteiger partial charge in [-0.05, 0) is 38.0 Å². The maximum atomic E-state index is 13.0. The first-order valence-electron chi connectivity index (χ1n) is 8.81. The molecule has 1 atom stereocenters. The van der Waals surface area contributed by atoms with Crippen molar-refractivity contribution in [1.82, 2.24) is 9.80 Å². The van der Waals surface area contributed by atoms with Crippen LogP contribution in [0.5, 0.6) is 0 Å². The van der Waals surface area contributed by atoms with E-state index in [-0.39, 0.29) is 11.8 Å². The first-order chi connectivity index (χ1) is 12.4. The van der Waals surface area contributed by atoms with E-state index in [1.54, 1.807) is 30.0 Å². The molecule has 1 aromatic heterocycles. The van der Waals surface area contributed by atoms with Crippen molar-refractivity contribution in [1.29, 1.82) is 0 Å². The Bertz CT molecular complexity index is 785. The fourth-order valence-electron chi connectivity index (χ4n) is 3.52. The highest BCUT2D eigenvalue weighted by atomic mass is 16.3. The molecule has 1 aliphatic heterocycles. The minimum atomic E-state index is -0.848. The largest absolute Gasteiger partial charge is 0.459 e. The van der Waals surface area contributed by atoms with Crippen LogP contribution in [0.15, 0.2) is 47.1 Å². The number of piperidine rings is 1. The molecule has 1 aliphatic rings. The third-order valence-corrected chi connectivity index (χ3v) is 4.81. The number of hydrogen-bond acceptors (Lipinski definition) is 4. The zero-order valence-electron chi connectivity index (χ0n) is 15.5. The molecule has 3 rings (SSSR count). The smallest absolute Gasteiger partial charge is 0.289 e. The fourth-order valence-corrected chi connectivity index (χ4v) is 3.52. The molecule has 2 heterocycles. The lowest BCUT2D eigenvalue weighted by molar-refractivity contribution is -0.135. The van der Waals surface area contributed by atoms with Crippen molar-refractivity contribution < 1.29 is 14.0 Å². The van der Waals surface area contributed by atoms with E-state index in [1.807, 2.05) is 37.3 Å². The average Bonchev–Trinajstić information content (AvgIpc) is 3.07. The minimum absolute atomic E-state index is 0.0324. The van der Waals surface area contributed by atoms with Crippen molar-refractivity contribution in [2.45, 2.75) is 25.3 Å². The normalized spacial score (nSPS) is 19.9. The lowest BCUT2D eigenvalue weighted by Crippen LogP contribution is -2.62. The van der Waals surface area contributed by atoms with Crippen LogP contribution in [-0.2, 0) is 4.79 Å². The van der Waals surface area contributed by atoms with Crippen LogP contribution >= 0.6 is 0 Å². The zero-order valence-corrected chi connectivity index (χ0v) is 15.5. The molecule has 0 spiro atoms. The number of nitrogens with one attached hydrogen (secondary N) is 1. The Kier molecular flexibility index (Phi) is 5.02. The van der Waals surface area contributed by atoms with Crippen LogP contribution in [0.4, 0.5) is 5.69 Å². The van der Waals surface area contributed by atoms with Crippen molar-refractivity contribution in [3.8, 4) is 0 Å². The first-order valence-corrected chi connectivity index (χ1v) is 8.81. The molecule has 138 valence electrons. The molecule has 1 saturated heterocycles. The number of likely N-dealkylation sites (tertiary alicyclic amines) is 1. The highest BCUT2D eigenvalue weighted by Crippen LogP contribution is 2.29. The van der Waals surface area contributed by atoms with E-state index in [1.165, 1.54) is 6.26 Å². The lowest BCUT2D eigenvalue weighted by atomic mass is 9.86. The van der Waals surface area contributed by atoms with Gasteiger partial charge in [0.25, 0.3) is 5.91 Å². The summed E-state index contributed by atoms with van der Waals surface area (Å²) in [5.41, 5.74) is 0.825. The molecule has 1 fully saturated rings. The van der Waals surface area contributed by atoms with Crippen LogP contribution < -0.4 is 5.32 Å². The van der Waals surface area contributed by atoms with Crippen molar-refractivity contribution in [2.24, 2.45) is 0 Å². The van der Waals surface area contributed by atoms with Gasteiger partial charge < -0.3 is 19.5 Å². The van der Waals surface area contributed by atoms with E-state index in [4.69, 9.17) is 4.42 Å². The Morgan fingerprint density at radius 1 is 1.19 bits per heavy atom.